The number of pyridine rings is 1. The van der Waals surface area contributed by atoms with Crippen LogP contribution >= 0.6 is 0 Å². The Morgan fingerprint density at radius 3 is 2.69 bits per heavy atom. The van der Waals surface area contributed by atoms with E-state index < -0.39 is 6.10 Å². The lowest BCUT2D eigenvalue weighted by Crippen LogP contribution is -2.50. The van der Waals surface area contributed by atoms with Gasteiger partial charge in [0.05, 0.1) is 17.4 Å². The van der Waals surface area contributed by atoms with Gasteiger partial charge in [0.1, 0.15) is 0 Å². The first kappa shape index (κ1) is 26.8. The number of aliphatic hydroxyl groups is 1. The summed E-state index contributed by atoms with van der Waals surface area (Å²) in [5.41, 5.74) is 5.48. The number of likely N-dealkylation sites (N-methyl/N-ethyl adjacent to an activating group) is 2. The maximum atomic E-state index is 13.7. The highest BCUT2D eigenvalue weighted by Crippen LogP contribution is 2.28. The third kappa shape index (κ3) is 5.97. The van der Waals surface area contributed by atoms with Crippen LogP contribution in [0, 0.1) is 0 Å². The van der Waals surface area contributed by atoms with Crippen molar-refractivity contribution in [2.24, 2.45) is 0 Å². The molecule has 2 amide bonds. The lowest BCUT2D eigenvalue weighted by Gasteiger charge is -2.33. The summed E-state index contributed by atoms with van der Waals surface area (Å²) in [6, 6.07) is 17.4. The van der Waals surface area contributed by atoms with Gasteiger partial charge in [-0.25, -0.2) is 0 Å². The molecule has 0 aliphatic carbocycles. The molecule has 3 heterocycles. The number of aliphatic hydroxyl groups excluding tert-OH is 1. The molecule has 0 saturated heterocycles. The van der Waals surface area contributed by atoms with E-state index in [-0.39, 0.29) is 24.4 Å². The molecule has 5 rings (SSSR count). The lowest BCUT2D eigenvalue weighted by molar-refractivity contribution is 0.0540. The molecule has 2 N–H and O–H groups in total. The molecule has 2 aliphatic rings. The molecule has 2 aromatic carbocycles. The number of hydrogen-bond donors (Lipinski definition) is 2. The summed E-state index contributed by atoms with van der Waals surface area (Å²) in [7, 11) is 1.80. The third-order valence-corrected chi connectivity index (χ3v) is 7.91. The highest BCUT2D eigenvalue weighted by molar-refractivity contribution is 6.03. The van der Waals surface area contributed by atoms with E-state index in [0.717, 1.165) is 24.1 Å². The maximum Gasteiger partial charge on any atom is 0.256 e. The molecule has 3 aromatic rings. The fourth-order valence-electron chi connectivity index (χ4n) is 5.51. The number of nitrogens with one attached hydrogen (secondary N) is 1. The van der Waals surface area contributed by atoms with E-state index in [9.17, 15) is 14.7 Å². The highest BCUT2D eigenvalue weighted by atomic mass is 16.3. The maximum absolute atomic E-state index is 13.7. The van der Waals surface area contributed by atoms with Crippen molar-refractivity contribution in [2.75, 3.05) is 44.7 Å². The number of fused-ring (bicyclic) bond motifs is 2. The Bertz CT molecular complexity index is 1310. The summed E-state index contributed by atoms with van der Waals surface area (Å²) in [5.74, 6) is -0.189. The van der Waals surface area contributed by atoms with E-state index in [4.69, 9.17) is 0 Å². The summed E-state index contributed by atoms with van der Waals surface area (Å²) in [5, 5.41) is 14.6. The number of nitrogens with zero attached hydrogens (tertiary/aromatic N) is 4. The summed E-state index contributed by atoms with van der Waals surface area (Å²) in [4.78, 5) is 36.6. The molecule has 0 saturated carbocycles. The minimum atomic E-state index is -0.687. The van der Waals surface area contributed by atoms with Gasteiger partial charge in [-0.3, -0.25) is 14.6 Å². The van der Waals surface area contributed by atoms with Crippen molar-refractivity contribution in [2.45, 2.75) is 38.5 Å². The number of carbonyl (C=O) groups is 2. The summed E-state index contributed by atoms with van der Waals surface area (Å²) >= 11 is 0. The minimum absolute atomic E-state index is 0.0784. The number of aromatic nitrogens is 1. The van der Waals surface area contributed by atoms with Crippen molar-refractivity contribution in [1.82, 2.24) is 20.1 Å². The van der Waals surface area contributed by atoms with Crippen molar-refractivity contribution in [3.63, 3.8) is 0 Å². The largest absolute Gasteiger partial charge is 0.390 e. The van der Waals surface area contributed by atoms with Crippen LogP contribution in [0.15, 0.2) is 67.0 Å². The first-order valence-electron chi connectivity index (χ1n) is 13.8. The molecule has 0 radical (unpaired) electrons. The smallest absolute Gasteiger partial charge is 0.256 e. The summed E-state index contributed by atoms with van der Waals surface area (Å²) in [6.07, 6.45) is 4.32. The SMILES string of the molecule is CCN1CCN(CC(O)C2Cc3ccccc3CN2)C(=O)c2ccc(C(=O)N(C)CCc3cccnc3)cc21. The number of amides is 2. The quantitative estimate of drug-likeness (QED) is 0.469. The zero-order valence-electron chi connectivity index (χ0n) is 22.7. The van der Waals surface area contributed by atoms with E-state index >= 15 is 0 Å². The van der Waals surface area contributed by atoms with Crippen LogP contribution in [-0.2, 0) is 19.4 Å². The molecule has 2 aliphatic heterocycles. The van der Waals surface area contributed by atoms with Gasteiger partial charge in [0.25, 0.3) is 11.8 Å². The standard InChI is InChI=1S/C31H37N5O3/c1-3-35-15-16-36(21-29(37)27-17-23-8-4-5-9-25(23)20-33-27)31(39)26-11-10-24(18-28(26)35)30(38)34(2)14-12-22-7-6-13-32-19-22/h4-11,13,18-19,27,29,33,37H,3,12,14-17,20-21H2,1-2H3. The normalized spacial score (nSPS) is 17.7. The molecular formula is C31H37N5O3. The van der Waals surface area contributed by atoms with E-state index in [2.05, 4.69) is 34.3 Å². The van der Waals surface area contributed by atoms with Gasteiger partial charge in [-0.05, 0) is 60.7 Å². The predicted octanol–water partition coefficient (Wildman–Crippen LogP) is 2.75. The topological polar surface area (TPSA) is 89.0 Å². The molecule has 39 heavy (non-hydrogen) atoms. The average Bonchev–Trinajstić information content (AvgIpc) is 3.11. The molecule has 0 spiro atoms. The average molecular weight is 528 g/mol. The summed E-state index contributed by atoms with van der Waals surface area (Å²) in [6.45, 7) is 5.46. The lowest BCUT2D eigenvalue weighted by atomic mass is 9.92. The Balaban J connectivity index is 1.28. The van der Waals surface area contributed by atoms with Gasteiger partial charge in [0, 0.05) is 70.3 Å². The van der Waals surface area contributed by atoms with Gasteiger partial charge >= 0.3 is 0 Å². The summed E-state index contributed by atoms with van der Waals surface area (Å²) < 4.78 is 0. The van der Waals surface area contributed by atoms with Gasteiger partial charge in [0.15, 0.2) is 0 Å². The van der Waals surface area contributed by atoms with Crippen molar-refractivity contribution >= 4 is 17.5 Å². The number of anilines is 1. The Morgan fingerprint density at radius 2 is 1.92 bits per heavy atom. The zero-order chi connectivity index (χ0) is 27.4. The zero-order valence-corrected chi connectivity index (χ0v) is 22.7. The van der Waals surface area contributed by atoms with Crippen LogP contribution in [0.4, 0.5) is 5.69 Å². The van der Waals surface area contributed by atoms with Crippen LogP contribution in [0.3, 0.4) is 0 Å². The first-order chi connectivity index (χ1) is 18.9. The third-order valence-electron chi connectivity index (χ3n) is 7.91. The second-order valence-corrected chi connectivity index (χ2v) is 10.4. The molecule has 0 fully saturated rings. The van der Waals surface area contributed by atoms with Gasteiger partial charge in [-0.2, -0.15) is 0 Å². The fraction of sp³-hybridized carbons (Fsp3) is 0.387. The first-order valence-corrected chi connectivity index (χ1v) is 13.8. The van der Waals surface area contributed by atoms with Crippen molar-refractivity contribution < 1.29 is 14.7 Å². The number of carbonyl (C=O) groups excluding carboxylic acids is 2. The van der Waals surface area contributed by atoms with Gasteiger partial charge in [-0.15, -0.1) is 0 Å². The molecule has 8 heteroatoms. The monoisotopic (exact) mass is 527 g/mol. The van der Waals surface area contributed by atoms with Gasteiger partial charge in [0.2, 0.25) is 0 Å². The van der Waals surface area contributed by atoms with Crippen molar-refractivity contribution in [3.8, 4) is 0 Å². The van der Waals surface area contributed by atoms with Crippen LogP contribution in [0.1, 0.15) is 44.3 Å². The number of rotatable bonds is 8. The number of β-amino-alcohol motifs (C(OH)–C–C–N with tert-alkyl or cyclic N) is 1. The van der Waals surface area contributed by atoms with Crippen LogP contribution in [0.2, 0.25) is 0 Å². The second kappa shape index (κ2) is 12.0. The molecule has 2 unspecified atom stereocenters. The number of benzene rings is 2. The van der Waals surface area contributed by atoms with Crippen molar-refractivity contribution in [3.05, 3.63) is 94.8 Å². The van der Waals surface area contributed by atoms with Crippen molar-refractivity contribution in [1.29, 1.82) is 0 Å². The fourth-order valence-corrected chi connectivity index (χ4v) is 5.51. The van der Waals surface area contributed by atoms with E-state index in [0.29, 0.717) is 43.9 Å². The van der Waals surface area contributed by atoms with Crippen LogP contribution < -0.4 is 10.2 Å². The van der Waals surface area contributed by atoms with E-state index in [1.54, 1.807) is 35.2 Å². The Morgan fingerprint density at radius 1 is 1.13 bits per heavy atom. The van der Waals surface area contributed by atoms with Crippen LogP contribution in [-0.4, -0.2) is 83.6 Å². The molecular weight excluding hydrogens is 490 g/mol. The molecule has 8 nitrogen and oxygen atoms in total. The van der Waals surface area contributed by atoms with Gasteiger partial charge < -0.3 is 25.1 Å². The second-order valence-electron chi connectivity index (χ2n) is 10.4. The Labute approximate surface area is 230 Å². The molecule has 2 atom stereocenters. The van der Waals surface area contributed by atoms with Crippen LogP contribution in [0.5, 0.6) is 0 Å². The highest BCUT2D eigenvalue weighted by Gasteiger charge is 2.31. The Kier molecular flexibility index (Phi) is 8.24. The minimum Gasteiger partial charge on any atom is -0.390 e. The Hall–Kier alpha value is -3.75. The molecule has 1 aromatic heterocycles. The predicted molar refractivity (Wildman–Crippen MR) is 152 cm³/mol. The number of hydrogen-bond acceptors (Lipinski definition) is 6. The molecule has 0 bridgehead atoms. The van der Waals surface area contributed by atoms with E-state index in [1.807, 2.05) is 36.5 Å². The van der Waals surface area contributed by atoms with E-state index in [1.165, 1.54) is 11.1 Å². The molecule has 204 valence electrons. The van der Waals surface area contributed by atoms with Crippen LogP contribution in [0.25, 0.3) is 0 Å². The van der Waals surface area contributed by atoms with Gasteiger partial charge in [-0.1, -0.05) is 30.3 Å².